The lowest BCUT2D eigenvalue weighted by Gasteiger charge is -2.40. The van der Waals surface area contributed by atoms with Crippen LogP contribution in [-0.4, -0.2) is 28.7 Å². The van der Waals surface area contributed by atoms with Gasteiger partial charge in [0.2, 0.25) is 5.91 Å². The fourth-order valence-corrected chi connectivity index (χ4v) is 4.20. The average Bonchev–Trinajstić information content (AvgIpc) is 2.46. The standard InChI is InChI=1S/C17H26F3NO3/c1-16(9-3-2-4-13(16)15(23)24)21-14(22)10-11-5-7-12(8-6-11)17(18,19)20/h11-13H,2-10H2,1H3,(H,21,22)(H,23,24). The second kappa shape index (κ2) is 7.31. The fourth-order valence-electron chi connectivity index (χ4n) is 4.20. The Morgan fingerprint density at radius 2 is 1.75 bits per heavy atom. The van der Waals surface area contributed by atoms with Gasteiger partial charge >= 0.3 is 12.1 Å². The summed E-state index contributed by atoms with van der Waals surface area (Å²) in [5, 5.41) is 12.2. The minimum atomic E-state index is -4.14. The first kappa shape index (κ1) is 19.1. The minimum Gasteiger partial charge on any atom is -0.481 e. The topological polar surface area (TPSA) is 66.4 Å². The van der Waals surface area contributed by atoms with Crippen LogP contribution in [0, 0.1) is 17.8 Å². The molecule has 2 saturated carbocycles. The van der Waals surface area contributed by atoms with Crippen LogP contribution in [0.3, 0.4) is 0 Å². The molecule has 1 amide bonds. The second-order valence-corrected chi connectivity index (χ2v) is 7.57. The first-order chi connectivity index (χ1) is 11.1. The highest BCUT2D eigenvalue weighted by Crippen LogP contribution is 2.40. The number of amides is 1. The molecule has 0 saturated heterocycles. The minimum absolute atomic E-state index is 0.0425. The number of carboxylic acid groups (broad SMARTS) is 1. The van der Waals surface area contributed by atoms with E-state index < -0.39 is 29.5 Å². The molecule has 2 atom stereocenters. The summed E-state index contributed by atoms with van der Waals surface area (Å²) in [5.74, 6) is -3.02. The van der Waals surface area contributed by atoms with Gasteiger partial charge in [0.15, 0.2) is 0 Å². The van der Waals surface area contributed by atoms with Crippen molar-refractivity contribution in [3.63, 3.8) is 0 Å². The average molecular weight is 349 g/mol. The Balaban J connectivity index is 1.86. The molecular weight excluding hydrogens is 323 g/mol. The van der Waals surface area contributed by atoms with Crippen LogP contribution in [0.4, 0.5) is 13.2 Å². The summed E-state index contributed by atoms with van der Waals surface area (Å²) in [6.45, 7) is 1.77. The number of alkyl halides is 3. The molecule has 138 valence electrons. The summed E-state index contributed by atoms with van der Waals surface area (Å²) < 4.78 is 38.0. The lowest BCUT2D eigenvalue weighted by atomic mass is 9.73. The smallest absolute Gasteiger partial charge is 0.391 e. The maximum atomic E-state index is 12.7. The molecule has 4 nitrogen and oxygen atoms in total. The van der Waals surface area contributed by atoms with E-state index in [0.717, 1.165) is 12.8 Å². The van der Waals surface area contributed by atoms with Crippen LogP contribution in [0.25, 0.3) is 0 Å². The van der Waals surface area contributed by atoms with Crippen molar-refractivity contribution in [2.45, 2.75) is 76.4 Å². The van der Waals surface area contributed by atoms with Gasteiger partial charge in [0.05, 0.1) is 17.4 Å². The number of hydrogen-bond donors (Lipinski definition) is 2. The van der Waals surface area contributed by atoms with E-state index >= 15 is 0 Å². The molecular formula is C17H26F3NO3. The van der Waals surface area contributed by atoms with Gasteiger partial charge < -0.3 is 10.4 Å². The van der Waals surface area contributed by atoms with Gasteiger partial charge in [-0.25, -0.2) is 0 Å². The maximum absolute atomic E-state index is 12.7. The number of halogens is 3. The van der Waals surface area contributed by atoms with E-state index in [1.807, 2.05) is 0 Å². The zero-order valence-corrected chi connectivity index (χ0v) is 14.0. The molecule has 2 N–H and O–H groups in total. The van der Waals surface area contributed by atoms with Gasteiger partial charge in [-0.2, -0.15) is 13.2 Å². The predicted octanol–water partition coefficient (Wildman–Crippen LogP) is 3.89. The number of carbonyl (C=O) groups is 2. The van der Waals surface area contributed by atoms with Gasteiger partial charge in [0, 0.05) is 6.42 Å². The molecule has 0 spiro atoms. The number of rotatable bonds is 4. The molecule has 0 aliphatic heterocycles. The molecule has 0 radical (unpaired) electrons. The van der Waals surface area contributed by atoms with E-state index in [1.54, 1.807) is 6.92 Å². The third kappa shape index (κ3) is 4.63. The Morgan fingerprint density at radius 3 is 2.29 bits per heavy atom. The van der Waals surface area contributed by atoms with Crippen LogP contribution in [0.5, 0.6) is 0 Å². The van der Waals surface area contributed by atoms with Crippen molar-refractivity contribution in [2.75, 3.05) is 0 Å². The summed E-state index contributed by atoms with van der Waals surface area (Å²) in [5.41, 5.74) is -0.760. The van der Waals surface area contributed by atoms with Crippen molar-refractivity contribution >= 4 is 11.9 Å². The van der Waals surface area contributed by atoms with Crippen LogP contribution in [0.15, 0.2) is 0 Å². The van der Waals surface area contributed by atoms with Crippen LogP contribution < -0.4 is 5.32 Å². The van der Waals surface area contributed by atoms with Crippen molar-refractivity contribution in [1.82, 2.24) is 5.32 Å². The van der Waals surface area contributed by atoms with Crippen LogP contribution in [0.2, 0.25) is 0 Å². The molecule has 24 heavy (non-hydrogen) atoms. The number of hydrogen-bond acceptors (Lipinski definition) is 2. The Bertz CT molecular complexity index is 472. The quantitative estimate of drug-likeness (QED) is 0.809. The zero-order chi connectivity index (χ0) is 18.0. The molecule has 7 heteroatoms. The summed E-state index contributed by atoms with van der Waals surface area (Å²) in [6, 6.07) is 0. The van der Waals surface area contributed by atoms with Gasteiger partial charge in [-0.15, -0.1) is 0 Å². The second-order valence-electron chi connectivity index (χ2n) is 7.57. The number of aliphatic carboxylic acids is 1. The first-order valence-corrected chi connectivity index (χ1v) is 8.72. The molecule has 0 aromatic carbocycles. The van der Waals surface area contributed by atoms with Crippen molar-refractivity contribution in [2.24, 2.45) is 17.8 Å². The van der Waals surface area contributed by atoms with Crippen molar-refractivity contribution < 1.29 is 27.9 Å². The van der Waals surface area contributed by atoms with E-state index in [1.165, 1.54) is 0 Å². The monoisotopic (exact) mass is 349 g/mol. The number of carboxylic acids is 1. The van der Waals surface area contributed by atoms with Gasteiger partial charge in [-0.05, 0) is 51.4 Å². The molecule has 0 heterocycles. The number of carbonyl (C=O) groups excluding carboxylic acids is 1. The van der Waals surface area contributed by atoms with Gasteiger partial charge in [0.1, 0.15) is 0 Å². The van der Waals surface area contributed by atoms with Crippen molar-refractivity contribution in [3.05, 3.63) is 0 Å². The van der Waals surface area contributed by atoms with E-state index in [9.17, 15) is 27.9 Å². The molecule has 2 aliphatic rings. The summed E-state index contributed by atoms with van der Waals surface area (Å²) in [7, 11) is 0. The Kier molecular flexibility index (Phi) is 5.81. The van der Waals surface area contributed by atoms with Crippen LogP contribution in [-0.2, 0) is 9.59 Å². The molecule has 0 bridgehead atoms. The highest BCUT2D eigenvalue weighted by Gasteiger charge is 2.44. The first-order valence-electron chi connectivity index (χ1n) is 8.72. The lowest BCUT2D eigenvalue weighted by Crippen LogP contribution is -2.55. The third-order valence-corrected chi connectivity index (χ3v) is 5.71. The molecule has 2 rings (SSSR count). The largest absolute Gasteiger partial charge is 0.481 e. The summed E-state index contributed by atoms with van der Waals surface area (Å²) >= 11 is 0. The van der Waals surface area contributed by atoms with Crippen molar-refractivity contribution in [1.29, 1.82) is 0 Å². The molecule has 0 aromatic rings. The molecule has 2 aliphatic carbocycles. The molecule has 2 fully saturated rings. The SMILES string of the molecule is CC1(NC(=O)CC2CCC(C(F)(F)F)CC2)CCCCC1C(=O)O. The predicted molar refractivity (Wildman–Crippen MR) is 82.3 cm³/mol. The van der Waals surface area contributed by atoms with Crippen LogP contribution in [0.1, 0.15) is 64.7 Å². The van der Waals surface area contributed by atoms with E-state index in [2.05, 4.69) is 5.32 Å². The highest BCUT2D eigenvalue weighted by molar-refractivity contribution is 5.79. The third-order valence-electron chi connectivity index (χ3n) is 5.71. The summed E-state index contributed by atoms with van der Waals surface area (Å²) in [4.78, 5) is 23.7. The summed E-state index contributed by atoms with van der Waals surface area (Å²) in [6.07, 6.45) is -0.120. The molecule has 2 unspecified atom stereocenters. The Hall–Kier alpha value is -1.27. The number of nitrogens with one attached hydrogen (secondary N) is 1. The zero-order valence-electron chi connectivity index (χ0n) is 14.0. The van der Waals surface area contributed by atoms with Gasteiger partial charge in [-0.3, -0.25) is 9.59 Å². The van der Waals surface area contributed by atoms with Gasteiger partial charge in [-0.1, -0.05) is 12.8 Å². The van der Waals surface area contributed by atoms with Crippen molar-refractivity contribution in [3.8, 4) is 0 Å². The normalized spacial score (nSPS) is 34.6. The van der Waals surface area contributed by atoms with E-state index in [0.29, 0.717) is 25.7 Å². The maximum Gasteiger partial charge on any atom is 0.391 e. The Labute approximate surface area is 140 Å². The van der Waals surface area contributed by atoms with Crippen LogP contribution >= 0.6 is 0 Å². The Morgan fingerprint density at radius 1 is 1.12 bits per heavy atom. The lowest BCUT2D eigenvalue weighted by molar-refractivity contribution is -0.184. The molecule has 0 aromatic heterocycles. The van der Waals surface area contributed by atoms with Gasteiger partial charge in [0.25, 0.3) is 0 Å². The van der Waals surface area contributed by atoms with E-state index in [4.69, 9.17) is 0 Å². The fraction of sp³-hybridized carbons (Fsp3) is 0.882. The highest BCUT2D eigenvalue weighted by atomic mass is 19.4. The van der Waals surface area contributed by atoms with E-state index in [-0.39, 0.29) is 31.1 Å².